The molecular weight excluding hydrogens is 296 g/mol. The predicted molar refractivity (Wildman–Crippen MR) is 82.9 cm³/mol. The zero-order chi connectivity index (χ0) is 14.7. The van der Waals surface area contributed by atoms with Crippen LogP contribution in [0.25, 0.3) is 0 Å². The number of carbonyl (C=O) groups is 1. The van der Waals surface area contributed by atoms with Crippen LogP contribution in [0.15, 0.2) is 5.16 Å². The molecular formula is C12H20N4O2S2. The van der Waals surface area contributed by atoms with E-state index in [9.17, 15) is 4.79 Å². The second kappa shape index (κ2) is 6.71. The average Bonchev–Trinajstić information content (AvgIpc) is 3.04. The fourth-order valence-corrected chi connectivity index (χ4v) is 4.23. The maximum atomic E-state index is 10.7. The van der Waals surface area contributed by atoms with Crippen LogP contribution in [0.5, 0.6) is 0 Å². The maximum Gasteiger partial charge on any atom is 0.313 e. The van der Waals surface area contributed by atoms with Gasteiger partial charge in [-0.2, -0.15) is 11.8 Å². The molecule has 0 spiro atoms. The highest BCUT2D eigenvalue weighted by Gasteiger charge is 2.26. The van der Waals surface area contributed by atoms with E-state index in [2.05, 4.69) is 28.9 Å². The van der Waals surface area contributed by atoms with Gasteiger partial charge in [-0.05, 0) is 26.0 Å². The molecule has 1 saturated heterocycles. The molecule has 1 N–H and O–H groups in total. The van der Waals surface area contributed by atoms with E-state index in [1.165, 1.54) is 17.5 Å². The van der Waals surface area contributed by atoms with Crippen molar-refractivity contribution >= 4 is 35.4 Å². The molecule has 0 amide bonds. The number of thioether (sulfide) groups is 2. The summed E-state index contributed by atoms with van der Waals surface area (Å²) < 4.78 is 2.02. The van der Waals surface area contributed by atoms with E-state index >= 15 is 0 Å². The molecule has 1 aromatic heterocycles. The van der Waals surface area contributed by atoms with E-state index in [0.29, 0.717) is 11.2 Å². The molecule has 6 nitrogen and oxygen atoms in total. The minimum atomic E-state index is -0.838. The Morgan fingerprint density at radius 2 is 2.35 bits per heavy atom. The van der Waals surface area contributed by atoms with Crippen LogP contribution in [0.1, 0.15) is 26.3 Å². The van der Waals surface area contributed by atoms with Gasteiger partial charge in [-0.15, -0.1) is 10.2 Å². The molecule has 0 aromatic carbocycles. The lowest BCUT2D eigenvalue weighted by molar-refractivity contribution is -0.133. The number of rotatable bonds is 6. The van der Waals surface area contributed by atoms with Gasteiger partial charge in [-0.3, -0.25) is 9.36 Å². The lowest BCUT2D eigenvalue weighted by Gasteiger charge is -2.26. The minimum Gasteiger partial charge on any atom is -0.481 e. The summed E-state index contributed by atoms with van der Waals surface area (Å²) in [5, 5.41) is 17.9. The standard InChI is InChI=1S/C12H20N4O2S2/c1-8(2)16-11(15(3)9-4-5-19-6-9)13-14-12(16)20-7-10(17)18/h8-9H,4-7H2,1-3H3,(H,17,18). The number of anilines is 1. The predicted octanol–water partition coefficient (Wildman–Crippen LogP) is 1.98. The van der Waals surface area contributed by atoms with Crippen LogP contribution in [0.3, 0.4) is 0 Å². The first-order chi connectivity index (χ1) is 9.50. The zero-order valence-electron chi connectivity index (χ0n) is 11.9. The zero-order valence-corrected chi connectivity index (χ0v) is 13.6. The number of aliphatic carboxylic acids is 1. The first kappa shape index (κ1) is 15.5. The minimum absolute atomic E-state index is 0.00779. The third kappa shape index (κ3) is 3.41. The van der Waals surface area contributed by atoms with Crippen LogP contribution in [0, 0.1) is 0 Å². The Morgan fingerprint density at radius 3 is 2.90 bits per heavy atom. The van der Waals surface area contributed by atoms with Crippen molar-refractivity contribution in [2.45, 2.75) is 37.5 Å². The Kier molecular flexibility index (Phi) is 5.20. The van der Waals surface area contributed by atoms with Crippen LogP contribution in [0.4, 0.5) is 5.95 Å². The topological polar surface area (TPSA) is 71.2 Å². The SMILES string of the molecule is CC(C)n1c(SCC(=O)O)nnc1N(C)C1CCSC1. The van der Waals surface area contributed by atoms with Crippen molar-refractivity contribution in [2.75, 3.05) is 29.2 Å². The smallest absolute Gasteiger partial charge is 0.313 e. The van der Waals surface area contributed by atoms with Gasteiger partial charge in [0.1, 0.15) is 0 Å². The molecule has 0 saturated carbocycles. The summed E-state index contributed by atoms with van der Waals surface area (Å²) >= 11 is 3.18. The number of aromatic nitrogens is 3. The molecule has 8 heteroatoms. The molecule has 1 unspecified atom stereocenters. The quantitative estimate of drug-likeness (QED) is 0.805. The summed E-state index contributed by atoms with van der Waals surface area (Å²) in [6.07, 6.45) is 1.16. The van der Waals surface area contributed by atoms with Crippen molar-refractivity contribution in [3.8, 4) is 0 Å². The average molecular weight is 316 g/mol. The maximum absolute atomic E-state index is 10.7. The molecule has 0 radical (unpaired) electrons. The van der Waals surface area contributed by atoms with Crippen molar-refractivity contribution in [1.82, 2.24) is 14.8 Å². The monoisotopic (exact) mass is 316 g/mol. The van der Waals surface area contributed by atoms with Gasteiger partial charge in [0.05, 0.1) is 5.75 Å². The second-order valence-electron chi connectivity index (χ2n) is 5.06. The Balaban J connectivity index is 2.21. The van der Waals surface area contributed by atoms with Crippen LogP contribution in [0.2, 0.25) is 0 Å². The van der Waals surface area contributed by atoms with E-state index in [-0.39, 0.29) is 11.8 Å². The summed E-state index contributed by atoms with van der Waals surface area (Å²) in [4.78, 5) is 12.9. The van der Waals surface area contributed by atoms with Gasteiger partial charge in [0.25, 0.3) is 0 Å². The van der Waals surface area contributed by atoms with Crippen molar-refractivity contribution in [1.29, 1.82) is 0 Å². The van der Waals surface area contributed by atoms with Crippen LogP contribution in [-0.2, 0) is 4.79 Å². The van der Waals surface area contributed by atoms with Gasteiger partial charge in [-0.1, -0.05) is 11.8 Å². The lowest BCUT2D eigenvalue weighted by atomic mass is 10.2. The molecule has 2 rings (SSSR count). The van der Waals surface area contributed by atoms with Gasteiger partial charge >= 0.3 is 5.97 Å². The fourth-order valence-electron chi connectivity index (χ4n) is 2.18. The first-order valence-electron chi connectivity index (χ1n) is 6.60. The molecule has 0 bridgehead atoms. The van der Waals surface area contributed by atoms with Gasteiger partial charge in [-0.25, -0.2) is 0 Å². The Morgan fingerprint density at radius 1 is 1.60 bits per heavy atom. The molecule has 0 aliphatic carbocycles. The second-order valence-corrected chi connectivity index (χ2v) is 7.15. The lowest BCUT2D eigenvalue weighted by Crippen LogP contribution is -2.34. The normalized spacial score (nSPS) is 18.7. The molecule has 1 atom stereocenters. The van der Waals surface area contributed by atoms with Crippen molar-refractivity contribution < 1.29 is 9.90 Å². The van der Waals surface area contributed by atoms with E-state index in [1.54, 1.807) is 0 Å². The van der Waals surface area contributed by atoms with E-state index in [1.807, 2.05) is 23.4 Å². The van der Waals surface area contributed by atoms with Crippen molar-refractivity contribution in [2.24, 2.45) is 0 Å². The highest BCUT2D eigenvalue weighted by Crippen LogP contribution is 2.29. The third-order valence-electron chi connectivity index (χ3n) is 3.26. The highest BCUT2D eigenvalue weighted by atomic mass is 32.2. The third-order valence-corrected chi connectivity index (χ3v) is 5.33. The molecule has 1 aromatic rings. The highest BCUT2D eigenvalue weighted by molar-refractivity contribution is 7.99. The van der Waals surface area contributed by atoms with E-state index in [4.69, 9.17) is 5.11 Å². The van der Waals surface area contributed by atoms with Crippen LogP contribution in [-0.4, -0.2) is 56.2 Å². The van der Waals surface area contributed by atoms with Gasteiger partial charge in [0.15, 0.2) is 5.16 Å². The Hall–Kier alpha value is -0.890. The number of hydrogen-bond acceptors (Lipinski definition) is 6. The summed E-state index contributed by atoms with van der Waals surface area (Å²) in [7, 11) is 2.05. The molecule has 1 aliphatic heterocycles. The van der Waals surface area contributed by atoms with E-state index < -0.39 is 5.97 Å². The summed E-state index contributed by atoms with van der Waals surface area (Å²) in [6, 6.07) is 0.687. The van der Waals surface area contributed by atoms with Crippen molar-refractivity contribution in [3.63, 3.8) is 0 Å². The molecule has 1 aliphatic rings. The van der Waals surface area contributed by atoms with Gasteiger partial charge in [0, 0.05) is 24.9 Å². The molecule has 2 heterocycles. The van der Waals surface area contributed by atoms with Gasteiger partial charge in [0.2, 0.25) is 5.95 Å². The number of hydrogen-bond donors (Lipinski definition) is 1. The number of carboxylic acids is 1. The Labute approximate surface area is 127 Å². The molecule has 112 valence electrons. The largest absolute Gasteiger partial charge is 0.481 e. The fraction of sp³-hybridized carbons (Fsp3) is 0.750. The van der Waals surface area contributed by atoms with Crippen LogP contribution < -0.4 is 4.90 Å². The number of nitrogens with zero attached hydrogens (tertiary/aromatic N) is 4. The summed E-state index contributed by atoms with van der Waals surface area (Å²) in [5.41, 5.74) is 0. The number of carboxylic acid groups (broad SMARTS) is 1. The summed E-state index contributed by atoms with van der Waals surface area (Å²) in [6.45, 7) is 4.13. The van der Waals surface area contributed by atoms with Crippen molar-refractivity contribution in [3.05, 3.63) is 0 Å². The van der Waals surface area contributed by atoms with Crippen LogP contribution >= 0.6 is 23.5 Å². The molecule has 1 fully saturated rings. The molecule has 20 heavy (non-hydrogen) atoms. The Bertz CT molecular complexity index is 472. The van der Waals surface area contributed by atoms with E-state index in [0.717, 1.165) is 18.1 Å². The first-order valence-corrected chi connectivity index (χ1v) is 8.74. The summed E-state index contributed by atoms with van der Waals surface area (Å²) in [5.74, 6) is 2.30. The van der Waals surface area contributed by atoms with Gasteiger partial charge < -0.3 is 10.0 Å².